The van der Waals surface area contributed by atoms with E-state index in [0.29, 0.717) is 19.0 Å². The molecule has 0 aliphatic carbocycles. The van der Waals surface area contributed by atoms with Gasteiger partial charge in [-0.15, -0.1) is 0 Å². The van der Waals surface area contributed by atoms with Crippen molar-refractivity contribution in [3.63, 3.8) is 0 Å². The van der Waals surface area contributed by atoms with E-state index in [1.54, 1.807) is 10.9 Å². The maximum Gasteiger partial charge on any atom is 0.247 e. The van der Waals surface area contributed by atoms with Crippen LogP contribution >= 0.6 is 0 Å². The molecule has 0 saturated heterocycles. The van der Waals surface area contributed by atoms with Crippen molar-refractivity contribution < 1.29 is 4.79 Å². The molecule has 3 heterocycles. The lowest BCUT2D eigenvalue weighted by atomic mass is 10.0. The van der Waals surface area contributed by atoms with E-state index in [9.17, 15) is 4.79 Å². The minimum Gasteiger partial charge on any atom is -0.362 e. The van der Waals surface area contributed by atoms with Gasteiger partial charge in [0.15, 0.2) is 0 Å². The average Bonchev–Trinajstić information content (AvgIpc) is 3.05. The molecule has 2 aromatic heterocycles. The molecule has 8 nitrogen and oxygen atoms in total. The summed E-state index contributed by atoms with van der Waals surface area (Å²) in [5.41, 5.74) is 3.11. The first-order valence-corrected chi connectivity index (χ1v) is 8.82. The van der Waals surface area contributed by atoms with Crippen molar-refractivity contribution in [2.24, 2.45) is 0 Å². The third-order valence-electron chi connectivity index (χ3n) is 4.65. The second-order valence-electron chi connectivity index (χ2n) is 7.24. The van der Waals surface area contributed by atoms with Crippen LogP contribution in [0.5, 0.6) is 0 Å². The van der Waals surface area contributed by atoms with Gasteiger partial charge in [0.05, 0.1) is 18.4 Å². The summed E-state index contributed by atoms with van der Waals surface area (Å²) in [6.45, 7) is 5.03. The molecule has 0 spiro atoms. The zero-order chi connectivity index (χ0) is 19.0. The minimum absolute atomic E-state index is 0.0650. The van der Waals surface area contributed by atoms with Crippen LogP contribution in [-0.4, -0.2) is 65.3 Å². The van der Waals surface area contributed by atoms with E-state index in [1.807, 2.05) is 62.9 Å². The van der Waals surface area contributed by atoms with E-state index >= 15 is 0 Å². The Morgan fingerprint density at radius 1 is 1.19 bits per heavy atom. The Bertz CT molecular complexity index is 812. The molecule has 2 aromatic rings. The van der Waals surface area contributed by atoms with Gasteiger partial charge in [0.1, 0.15) is 11.9 Å². The fraction of sp³-hybridized carbons (Fsp3) is 0.556. The molecule has 1 amide bonds. The lowest BCUT2D eigenvalue weighted by Crippen LogP contribution is -2.41. The van der Waals surface area contributed by atoms with Crippen molar-refractivity contribution in [1.29, 1.82) is 0 Å². The molecule has 0 unspecified atom stereocenters. The Labute approximate surface area is 154 Å². The predicted molar refractivity (Wildman–Crippen MR) is 101 cm³/mol. The number of carbonyl (C=O) groups excluding carboxylic acids is 1. The van der Waals surface area contributed by atoms with Crippen molar-refractivity contribution in [1.82, 2.24) is 24.6 Å². The molecule has 1 aliphatic rings. The summed E-state index contributed by atoms with van der Waals surface area (Å²) in [6, 6.07) is -0.325. The smallest absolute Gasteiger partial charge is 0.247 e. The van der Waals surface area contributed by atoms with Crippen LogP contribution < -0.4 is 9.80 Å². The van der Waals surface area contributed by atoms with Gasteiger partial charge in [-0.25, -0.2) is 4.98 Å². The molecule has 0 saturated carbocycles. The van der Waals surface area contributed by atoms with Gasteiger partial charge in [0, 0.05) is 46.5 Å². The van der Waals surface area contributed by atoms with Crippen LogP contribution in [0.1, 0.15) is 29.8 Å². The zero-order valence-electron chi connectivity index (χ0n) is 16.4. The van der Waals surface area contributed by atoms with Crippen molar-refractivity contribution in [3.05, 3.63) is 29.2 Å². The van der Waals surface area contributed by atoms with E-state index in [1.165, 1.54) is 0 Å². The van der Waals surface area contributed by atoms with Crippen LogP contribution in [0, 0.1) is 6.92 Å². The molecule has 140 valence electrons. The molecule has 3 rings (SSSR count). The highest BCUT2D eigenvalue weighted by atomic mass is 16.2. The summed E-state index contributed by atoms with van der Waals surface area (Å²) in [5, 5.41) is 4.28. The predicted octanol–water partition coefficient (Wildman–Crippen LogP) is 1.26. The molecule has 1 atom stereocenters. The Kier molecular flexibility index (Phi) is 4.84. The summed E-state index contributed by atoms with van der Waals surface area (Å²) in [5.74, 6) is 1.66. The van der Waals surface area contributed by atoms with Gasteiger partial charge < -0.3 is 14.7 Å². The van der Waals surface area contributed by atoms with E-state index < -0.39 is 0 Å². The van der Waals surface area contributed by atoms with E-state index in [4.69, 9.17) is 4.98 Å². The zero-order valence-corrected chi connectivity index (χ0v) is 16.4. The van der Waals surface area contributed by atoms with Gasteiger partial charge in [-0.3, -0.25) is 9.48 Å². The highest BCUT2D eigenvalue weighted by molar-refractivity contribution is 5.80. The van der Waals surface area contributed by atoms with Crippen LogP contribution in [0.25, 0.3) is 0 Å². The highest BCUT2D eigenvalue weighted by Crippen LogP contribution is 2.28. The Hall–Kier alpha value is -2.64. The molecule has 8 heteroatoms. The number of amides is 1. The Balaban J connectivity index is 1.87. The molecule has 0 fully saturated rings. The van der Waals surface area contributed by atoms with Crippen LogP contribution in [-0.2, 0) is 17.8 Å². The number of fused-ring (bicyclic) bond motifs is 1. The first-order valence-electron chi connectivity index (χ1n) is 8.82. The Morgan fingerprint density at radius 3 is 2.50 bits per heavy atom. The lowest BCUT2D eigenvalue weighted by molar-refractivity contribution is -0.135. The van der Waals surface area contributed by atoms with Gasteiger partial charge in [0.2, 0.25) is 11.9 Å². The van der Waals surface area contributed by atoms with Crippen molar-refractivity contribution >= 4 is 17.7 Å². The van der Waals surface area contributed by atoms with Crippen molar-refractivity contribution in [2.45, 2.75) is 32.9 Å². The van der Waals surface area contributed by atoms with Gasteiger partial charge in [0.25, 0.3) is 0 Å². The monoisotopic (exact) mass is 357 g/mol. The number of rotatable bonds is 4. The number of anilines is 2. The van der Waals surface area contributed by atoms with Crippen LogP contribution in [0.3, 0.4) is 0 Å². The summed E-state index contributed by atoms with van der Waals surface area (Å²) in [4.78, 5) is 28.1. The lowest BCUT2D eigenvalue weighted by Gasteiger charge is -2.32. The second kappa shape index (κ2) is 6.93. The summed E-state index contributed by atoms with van der Waals surface area (Å²) < 4.78 is 1.73. The fourth-order valence-corrected chi connectivity index (χ4v) is 3.18. The van der Waals surface area contributed by atoms with E-state index in [0.717, 1.165) is 29.1 Å². The average molecular weight is 357 g/mol. The standard InChI is InChI=1S/C18H27N7O/c1-12-9-19-25(10-12)13(2)17(26)24-8-7-14-15(11-24)20-18(23(5)6)21-16(14)22(3)4/h9-10,13H,7-8,11H2,1-6H3/t13-/m1/s1. The van der Waals surface area contributed by atoms with E-state index in [-0.39, 0.29) is 11.9 Å². The van der Waals surface area contributed by atoms with E-state index in [2.05, 4.69) is 10.1 Å². The van der Waals surface area contributed by atoms with Gasteiger partial charge in [-0.1, -0.05) is 0 Å². The first-order chi connectivity index (χ1) is 12.3. The minimum atomic E-state index is -0.325. The van der Waals surface area contributed by atoms with Gasteiger partial charge >= 0.3 is 0 Å². The number of hydrogen-bond acceptors (Lipinski definition) is 6. The summed E-state index contributed by atoms with van der Waals surface area (Å²) in [7, 11) is 7.83. The molecule has 0 N–H and O–H groups in total. The number of hydrogen-bond donors (Lipinski definition) is 0. The number of aromatic nitrogens is 4. The number of aryl methyl sites for hydroxylation is 1. The maximum absolute atomic E-state index is 13.0. The molecular formula is C18H27N7O. The molecular weight excluding hydrogens is 330 g/mol. The van der Waals surface area contributed by atoms with Gasteiger partial charge in [-0.05, 0) is 25.8 Å². The topological polar surface area (TPSA) is 70.4 Å². The molecule has 0 radical (unpaired) electrons. The number of nitrogens with zero attached hydrogens (tertiary/aromatic N) is 7. The highest BCUT2D eigenvalue weighted by Gasteiger charge is 2.29. The number of carbonyl (C=O) groups is 1. The molecule has 0 bridgehead atoms. The summed E-state index contributed by atoms with van der Waals surface area (Å²) >= 11 is 0. The molecule has 1 aliphatic heterocycles. The normalized spacial score (nSPS) is 14.8. The van der Waals surface area contributed by atoms with Crippen molar-refractivity contribution in [2.75, 3.05) is 44.5 Å². The van der Waals surface area contributed by atoms with Crippen LogP contribution in [0.4, 0.5) is 11.8 Å². The first kappa shape index (κ1) is 18.2. The quantitative estimate of drug-likeness (QED) is 0.820. The van der Waals surface area contributed by atoms with Crippen LogP contribution in [0.2, 0.25) is 0 Å². The third kappa shape index (κ3) is 3.36. The maximum atomic E-state index is 13.0. The summed E-state index contributed by atoms with van der Waals surface area (Å²) in [6.07, 6.45) is 4.43. The molecule has 26 heavy (non-hydrogen) atoms. The SMILES string of the molecule is Cc1cnn([C@H](C)C(=O)N2CCc3c(nc(N(C)C)nc3N(C)C)C2)c1. The third-order valence-corrected chi connectivity index (χ3v) is 4.65. The fourth-order valence-electron chi connectivity index (χ4n) is 3.18. The largest absolute Gasteiger partial charge is 0.362 e. The molecule has 0 aromatic carbocycles. The van der Waals surface area contributed by atoms with Gasteiger partial charge in [-0.2, -0.15) is 10.1 Å². The van der Waals surface area contributed by atoms with Crippen LogP contribution in [0.15, 0.2) is 12.4 Å². The Morgan fingerprint density at radius 2 is 1.92 bits per heavy atom. The van der Waals surface area contributed by atoms with Crippen molar-refractivity contribution in [3.8, 4) is 0 Å². The second-order valence-corrected chi connectivity index (χ2v) is 7.24.